The fourth-order valence-electron chi connectivity index (χ4n) is 2.05. The molecule has 0 unspecified atom stereocenters. The van der Waals surface area contributed by atoms with Crippen molar-refractivity contribution in [3.05, 3.63) is 55.2 Å². The Balaban J connectivity index is 2.10. The van der Waals surface area contributed by atoms with Crippen molar-refractivity contribution in [2.24, 2.45) is 10.1 Å². The Hall–Kier alpha value is -1.64. The van der Waals surface area contributed by atoms with Gasteiger partial charge in [-0.25, -0.2) is 4.68 Å². The van der Waals surface area contributed by atoms with Crippen LogP contribution in [0.3, 0.4) is 0 Å². The summed E-state index contributed by atoms with van der Waals surface area (Å²) in [6.07, 6.45) is 3.22. The number of rotatable bonds is 4. The summed E-state index contributed by atoms with van der Waals surface area (Å²) < 4.78 is 8.62. The average molecular weight is 471 g/mol. The first-order valence-corrected chi connectivity index (χ1v) is 9.54. The number of thiazole rings is 1. The Morgan fingerprint density at radius 3 is 2.92 bits per heavy atom. The molecular formula is C16H13Br2N3O2S. The quantitative estimate of drug-likeness (QED) is 0.554. The lowest BCUT2D eigenvalue weighted by Gasteiger charge is -2.04. The van der Waals surface area contributed by atoms with E-state index in [1.54, 1.807) is 29.3 Å². The Morgan fingerprint density at radius 2 is 2.21 bits per heavy atom. The first-order chi connectivity index (χ1) is 11.6. The predicted molar refractivity (Wildman–Crippen MR) is 103 cm³/mol. The minimum Gasteiger partial charge on any atom is -0.506 e. The third-order valence-corrected chi connectivity index (χ3v) is 5.04. The first kappa shape index (κ1) is 17.2. The zero-order valence-corrected chi connectivity index (χ0v) is 16.6. The van der Waals surface area contributed by atoms with Gasteiger partial charge in [-0.1, -0.05) is 15.9 Å². The van der Waals surface area contributed by atoms with Gasteiger partial charge < -0.3 is 9.52 Å². The van der Waals surface area contributed by atoms with E-state index >= 15 is 0 Å². The summed E-state index contributed by atoms with van der Waals surface area (Å²) in [4.78, 5) is 5.21. The van der Waals surface area contributed by atoms with E-state index in [4.69, 9.17) is 4.42 Å². The van der Waals surface area contributed by atoms with Crippen molar-refractivity contribution in [2.75, 3.05) is 6.54 Å². The van der Waals surface area contributed by atoms with Gasteiger partial charge in [-0.3, -0.25) is 4.99 Å². The number of hydrogen-bond donors (Lipinski definition) is 1. The Labute approximate surface area is 159 Å². The van der Waals surface area contributed by atoms with Crippen LogP contribution in [0.2, 0.25) is 0 Å². The van der Waals surface area contributed by atoms with Gasteiger partial charge in [0.2, 0.25) is 4.80 Å². The summed E-state index contributed by atoms with van der Waals surface area (Å²) in [5, 5.41) is 16.6. The number of halogens is 2. The van der Waals surface area contributed by atoms with Crippen molar-refractivity contribution in [3.8, 4) is 17.2 Å². The maximum absolute atomic E-state index is 10.2. The zero-order valence-electron chi connectivity index (χ0n) is 12.6. The predicted octanol–water partition coefficient (Wildman–Crippen LogP) is 4.84. The Bertz CT molecular complexity index is 943. The molecule has 0 spiro atoms. The van der Waals surface area contributed by atoms with Crippen molar-refractivity contribution in [2.45, 2.75) is 6.92 Å². The van der Waals surface area contributed by atoms with Gasteiger partial charge in [0, 0.05) is 22.0 Å². The summed E-state index contributed by atoms with van der Waals surface area (Å²) in [7, 11) is 0. The normalized spacial score (nSPS) is 12.4. The monoisotopic (exact) mass is 469 g/mol. The van der Waals surface area contributed by atoms with Gasteiger partial charge in [-0.05, 0) is 47.1 Å². The van der Waals surface area contributed by atoms with Crippen LogP contribution < -0.4 is 4.80 Å². The molecule has 124 valence electrons. The van der Waals surface area contributed by atoms with Crippen molar-refractivity contribution < 1.29 is 9.52 Å². The number of benzene rings is 1. The van der Waals surface area contributed by atoms with E-state index in [1.807, 2.05) is 24.4 Å². The summed E-state index contributed by atoms with van der Waals surface area (Å²) in [5.41, 5.74) is 1.39. The molecule has 0 aliphatic heterocycles. The molecule has 3 aromatic rings. The van der Waals surface area contributed by atoms with E-state index in [1.165, 1.54) is 11.3 Å². The molecule has 2 heterocycles. The Kier molecular flexibility index (Phi) is 5.37. The van der Waals surface area contributed by atoms with Crippen LogP contribution in [-0.4, -0.2) is 22.5 Å². The molecule has 0 saturated carbocycles. The van der Waals surface area contributed by atoms with Crippen LogP contribution in [0.5, 0.6) is 5.75 Å². The fraction of sp³-hybridized carbons (Fsp3) is 0.125. The largest absolute Gasteiger partial charge is 0.506 e. The molecule has 1 N–H and O–H groups in total. The average Bonchev–Trinajstić information content (AvgIpc) is 3.19. The molecule has 0 amide bonds. The highest BCUT2D eigenvalue weighted by molar-refractivity contribution is 9.11. The summed E-state index contributed by atoms with van der Waals surface area (Å²) in [6, 6.07) is 7.27. The van der Waals surface area contributed by atoms with Gasteiger partial charge in [0.25, 0.3) is 0 Å². The molecule has 0 aliphatic carbocycles. The van der Waals surface area contributed by atoms with Crippen LogP contribution in [-0.2, 0) is 0 Å². The minimum absolute atomic E-state index is 0.131. The van der Waals surface area contributed by atoms with E-state index in [0.717, 1.165) is 15.0 Å². The van der Waals surface area contributed by atoms with Crippen LogP contribution in [0.4, 0.5) is 0 Å². The molecule has 5 nitrogen and oxygen atoms in total. The molecule has 0 fully saturated rings. The number of phenols is 1. The first-order valence-electron chi connectivity index (χ1n) is 7.07. The smallest absolute Gasteiger partial charge is 0.206 e. The van der Waals surface area contributed by atoms with Gasteiger partial charge in [0.05, 0.1) is 17.0 Å². The lowest BCUT2D eigenvalue weighted by atomic mass is 10.2. The zero-order chi connectivity index (χ0) is 17.1. The lowest BCUT2D eigenvalue weighted by Crippen LogP contribution is -2.12. The number of furan rings is 1. The van der Waals surface area contributed by atoms with Gasteiger partial charge in [-0.15, -0.1) is 11.3 Å². The highest BCUT2D eigenvalue weighted by Gasteiger charge is 2.10. The topological polar surface area (TPSA) is 63.0 Å². The molecule has 2 aromatic heterocycles. The summed E-state index contributed by atoms with van der Waals surface area (Å²) >= 11 is 8.22. The lowest BCUT2D eigenvalue weighted by molar-refractivity contribution is 0.471. The van der Waals surface area contributed by atoms with Crippen LogP contribution in [0.1, 0.15) is 12.5 Å². The van der Waals surface area contributed by atoms with E-state index in [2.05, 4.69) is 42.0 Å². The second-order valence-corrected chi connectivity index (χ2v) is 7.34. The molecule has 0 aliphatic rings. The van der Waals surface area contributed by atoms with Crippen molar-refractivity contribution in [1.29, 1.82) is 0 Å². The third-order valence-electron chi connectivity index (χ3n) is 3.12. The number of phenolic OH excluding ortho intramolecular Hbond substituents is 1. The molecule has 24 heavy (non-hydrogen) atoms. The van der Waals surface area contributed by atoms with Gasteiger partial charge in [0.15, 0.2) is 5.76 Å². The highest BCUT2D eigenvalue weighted by atomic mass is 79.9. The molecule has 0 saturated heterocycles. The van der Waals surface area contributed by atoms with Crippen LogP contribution in [0.15, 0.2) is 59.4 Å². The maximum Gasteiger partial charge on any atom is 0.206 e. The SMILES string of the molecule is CCN=c1scc(-c2ccco2)n1N=Cc1cc(Br)cc(Br)c1O. The molecule has 3 rings (SSSR count). The van der Waals surface area contributed by atoms with Crippen molar-refractivity contribution in [3.63, 3.8) is 0 Å². The highest BCUT2D eigenvalue weighted by Crippen LogP contribution is 2.30. The number of aromatic hydroxyl groups is 1. The van der Waals surface area contributed by atoms with Crippen LogP contribution in [0.25, 0.3) is 11.5 Å². The van der Waals surface area contributed by atoms with E-state index in [9.17, 15) is 5.11 Å². The van der Waals surface area contributed by atoms with Gasteiger partial charge >= 0.3 is 0 Å². The Morgan fingerprint density at radius 1 is 1.38 bits per heavy atom. The van der Waals surface area contributed by atoms with E-state index in [-0.39, 0.29) is 5.75 Å². The van der Waals surface area contributed by atoms with Gasteiger partial charge in [-0.2, -0.15) is 5.10 Å². The summed E-state index contributed by atoms with van der Waals surface area (Å²) in [6.45, 7) is 2.62. The molecule has 0 atom stereocenters. The molecule has 0 radical (unpaired) electrons. The standard InChI is InChI=1S/C16H13Br2N3O2S/c1-2-19-16-21(13(9-24-16)14-4-3-5-23-14)20-8-10-6-11(17)7-12(18)15(10)22/h3-9,22H,2H2,1H3. The maximum atomic E-state index is 10.2. The fourth-order valence-corrected chi connectivity index (χ4v) is 4.19. The second-order valence-electron chi connectivity index (χ2n) is 4.74. The number of aromatic nitrogens is 1. The van der Waals surface area contributed by atoms with Crippen molar-refractivity contribution >= 4 is 49.4 Å². The molecular weight excluding hydrogens is 458 g/mol. The van der Waals surface area contributed by atoms with Crippen LogP contribution in [0, 0.1) is 0 Å². The van der Waals surface area contributed by atoms with Crippen molar-refractivity contribution in [1.82, 2.24) is 4.68 Å². The van der Waals surface area contributed by atoms with Gasteiger partial charge in [0.1, 0.15) is 11.4 Å². The van der Waals surface area contributed by atoms with Crippen LogP contribution >= 0.6 is 43.2 Å². The molecule has 8 heteroatoms. The number of nitrogens with zero attached hydrogens (tertiary/aromatic N) is 3. The number of hydrogen-bond acceptors (Lipinski definition) is 5. The van der Waals surface area contributed by atoms with E-state index < -0.39 is 0 Å². The molecule has 0 bridgehead atoms. The van der Waals surface area contributed by atoms with E-state index in [0.29, 0.717) is 22.3 Å². The minimum atomic E-state index is 0.131. The molecule has 1 aromatic carbocycles. The summed E-state index contributed by atoms with van der Waals surface area (Å²) in [5.74, 6) is 0.840. The third kappa shape index (κ3) is 3.55. The second kappa shape index (κ2) is 7.50.